The van der Waals surface area contributed by atoms with E-state index in [1.165, 1.54) is 18.6 Å². The lowest BCUT2D eigenvalue weighted by Gasteiger charge is -2.30. The summed E-state index contributed by atoms with van der Waals surface area (Å²) < 4.78 is 0. The van der Waals surface area contributed by atoms with Crippen LogP contribution in [0.3, 0.4) is 0 Å². The fourth-order valence-corrected chi connectivity index (χ4v) is 2.70. The Balaban J connectivity index is 2.22. The third-order valence-electron chi connectivity index (χ3n) is 3.89. The standard InChI is InChI=1S/C14H18N2O4/c1-9-4-2-3-5-12(9)15-10-6-7-13(16(19)20)11(8-10)14(17)18/h6-9,12,15H,2-5H2,1H3,(H,17,18). The molecular formula is C14H18N2O4. The Morgan fingerprint density at radius 3 is 2.70 bits per heavy atom. The summed E-state index contributed by atoms with van der Waals surface area (Å²) in [7, 11) is 0. The van der Waals surface area contributed by atoms with Crippen LogP contribution in [0.5, 0.6) is 0 Å². The van der Waals surface area contributed by atoms with Gasteiger partial charge in [-0.3, -0.25) is 10.1 Å². The molecule has 6 nitrogen and oxygen atoms in total. The van der Waals surface area contributed by atoms with E-state index < -0.39 is 10.9 Å². The lowest BCUT2D eigenvalue weighted by molar-refractivity contribution is -0.385. The number of carbonyl (C=O) groups is 1. The number of benzene rings is 1. The molecule has 20 heavy (non-hydrogen) atoms. The van der Waals surface area contributed by atoms with E-state index in [1.54, 1.807) is 6.07 Å². The topological polar surface area (TPSA) is 92.5 Å². The van der Waals surface area contributed by atoms with Crippen LogP contribution in [0, 0.1) is 16.0 Å². The first-order valence-electron chi connectivity index (χ1n) is 6.77. The van der Waals surface area contributed by atoms with Gasteiger partial charge in [-0.2, -0.15) is 0 Å². The predicted octanol–water partition coefficient (Wildman–Crippen LogP) is 3.28. The van der Waals surface area contributed by atoms with E-state index in [-0.39, 0.29) is 11.3 Å². The van der Waals surface area contributed by atoms with E-state index in [0.717, 1.165) is 19.3 Å². The number of hydrogen-bond acceptors (Lipinski definition) is 4. The second-order valence-corrected chi connectivity index (χ2v) is 5.31. The first-order chi connectivity index (χ1) is 9.49. The highest BCUT2D eigenvalue weighted by Crippen LogP contribution is 2.29. The van der Waals surface area contributed by atoms with Crippen molar-refractivity contribution in [3.05, 3.63) is 33.9 Å². The number of aromatic carboxylic acids is 1. The fraction of sp³-hybridized carbons (Fsp3) is 0.500. The van der Waals surface area contributed by atoms with Gasteiger partial charge in [0.2, 0.25) is 0 Å². The number of nitro benzene ring substituents is 1. The van der Waals surface area contributed by atoms with Gasteiger partial charge in [-0.1, -0.05) is 19.8 Å². The number of nitrogens with one attached hydrogen (secondary N) is 1. The number of hydrogen-bond donors (Lipinski definition) is 2. The molecule has 2 rings (SSSR count). The van der Waals surface area contributed by atoms with Crippen molar-refractivity contribution in [1.82, 2.24) is 0 Å². The molecule has 6 heteroatoms. The molecule has 0 aliphatic heterocycles. The lowest BCUT2D eigenvalue weighted by Crippen LogP contribution is -2.30. The molecule has 0 amide bonds. The summed E-state index contributed by atoms with van der Waals surface area (Å²) in [4.78, 5) is 21.2. The third kappa shape index (κ3) is 3.07. The minimum atomic E-state index is -1.28. The van der Waals surface area contributed by atoms with E-state index >= 15 is 0 Å². The van der Waals surface area contributed by atoms with Gasteiger partial charge in [0, 0.05) is 17.8 Å². The van der Waals surface area contributed by atoms with Crippen molar-refractivity contribution >= 4 is 17.3 Å². The number of carboxylic acid groups (broad SMARTS) is 1. The van der Waals surface area contributed by atoms with Crippen LogP contribution in [0.2, 0.25) is 0 Å². The zero-order valence-electron chi connectivity index (χ0n) is 11.3. The summed E-state index contributed by atoms with van der Waals surface area (Å²) in [6.45, 7) is 2.17. The molecule has 0 spiro atoms. The molecule has 2 N–H and O–H groups in total. The normalized spacial score (nSPS) is 22.2. The second kappa shape index (κ2) is 5.90. The van der Waals surface area contributed by atoms with Crippen LogP contribution in [0.4, 0.5) is 11.4 Å². The second-order valence-electron chi connectivity index (χ2n) is 5.31. The first kappa shape index (κ1) is 14.3. The fourth-order valence-electron chi connectivity index (χ4n) is 2.70. The highest BCUT2D eigenvalue weighted by molar-refractivity contribution is 5.93. The number of nitrogens with zero attached hydrogens (tertiary/aromatic N) is 1. The van der Waals surface area contributed by atoms with E-state index in [0.29, 0.717) is 17.6 Å². The Bertz CT molecular complexity index is 530. The zero-order valence-corrected chi connectivity index (χ0v) is 11.3. The largest absolute Gasteiger partial charge is 0.477 e. The Kier molecular flexibility index (Phi) is 4.22. The van der Waals surface area contributed by atoms with Crippen molar-refractivity contribution < 1.29 is 14.8 Å². The smallest absolute Gasteiger partial charge is 0.342 e. The van der Waals surface area contributed by atoms with Crippen molar-refractivity contribution in [3.63, 3.8) is 0 Å². The Labute approximate surface area is 117 Å². The molecule has 1 aromatic rings. The molecule has 2 atom stereocenters. The lowest BCUT2D eigenvalue weighted by atomic mass is 9.86. The predicted molar refractivity (Wildman–Crippen MR) is 75.1 cm³/mol. The quantitative estimate of drug-likeness (QED) is 0.651. The van der Waals surface area contributed by atoms with E-state index in [4.69, 9.17) is 5.11 Å². The summed E-state index contributed by atoms with van der Waals surface area (Å²) in [5.41, 5.74) is -0.0186. The van der Waals surface area contributed by atoms with Crippen molar-refractivity contribution in [2.24, 2.45) is 5.92 Å². The van der Waals surface area contributed by atoms with Crippen molar-refractivity contribution in [2.45, 2.75) is 38.6 Å². The molecule has 1 aromatic carbocycles. The van der Waals surface area contributed by atoms with Crippen LogP contribution in [-0.2, 0) is 0 Å². The number of anilines is 1. The summed E-state index contributed by atoms with van der Waals surface area (Å²) in [5.74, 6) is -0.760. The molecule has 108 valence electrons. The Morgan fingerprint density at radius 2 is 2.10 bits per heavy atom. The van der Waals surface area contributed by atoms with Crippen LogP contribution < -0.4 is 5.32 Å². The Hall–Kier alpha value is -2.11. The summed E-state index contributed by atoms with van der Waals surface area (Å²) >= 11 is 0. The molecule has 0 bridgehead atoms. The summed E-state index contributed by atoms with van der Waals surface area (Å²) in [5, 5.41) is 23.2. The van der Waals surface area contributed by atoms with Crippen LogP contribution in [0.1, 0.15) is 43.0 Å². The van der Waals surface area contributed by atoms with E-state index in [1.807, 2.05) is 0 Å². The minimum absolute atomic E-state index is 0.275. The van der Waals surface area contributed by atoms with Crippen molar-refractivity contribution in [2.75, 3.05) is 5.32 Å². The van der Waals surface area contributed by atoms with Gasteiger partial charge in [-0.15, -0.1) is 0 Å². The number of rotatable bonds is 4. The average Bonchev–Trinajstić information content (AvgIpc) is 2.41. The SMILES string of the molecule is CC1CCCCC1Nc1ccc([N+](=O)[O-])c(C(=O)O)c1. The summed E-state index contributed by atoms with van der Waals surface area (Å²) in [6.07, 6.45) is 4.57. The van der Waals surface area contributed by atoms with Gasteiger partial charge >= 0.3 is 5.97 Å². The van der Waals surface area contributed by atoms with Crippen molar-refractivity contribution in [3.8, 4) is 0 Å². The maximum atomic E-state index is 11.1. The highest BCUT2D eigenvalue weighted by Gasteiger charge is 2.23. The Morgan fingerprint density at radius 1 is 1.40 bits per heavy atom. The molecule has 1 aliphatic carbocycles. The molecule has 1 aliphatic rings. The van der Waals surface area contributed by atoms with Gasteiger partial charge < -0.3 is 10.4 Å². The first-order valence-corrected chi connectivity index (χ1v) is 6.77. The molecule has 0 aromatic heterocycles. The van der Waals surface area contributed by atoms with Gasteiger partial charge in [0.15, 0.2) is 0 Å². The van der Waals surface area contributed by atoms with Gasteiger partial charge in [0.1, 0.15) is 5.56 Å². The third-order valence-corrected chi connectivity index (χ3v) is 3.89. The van der Waals surface area contributed by atoms with Gasteiger partial charge in [0.25, 0.3) is 5.69 Å². The number of carboxylic acids is 1. The maximum Gasteiger partial charge on any atom is 0.342 e. The minimum Gasteiger partial charge on any atom is -0.477 e. The number of nitro groups is 1. The van der Waals surface area contributed by atoms with Gasteiger partial charge in [-0.25, -0.2) is 4.79 Å². The van der Waals surface area contributed by atoms with Crippen LogP contribution in [-0.4, -0.2) is 22.0 Å². The summed E-state index contributed by atoms with van der Waals surface area (Å²) in [6, 6.07) is 4.47. The van der Waals surface area contributed by atoms with Crippen LogP contribution >= 0.6 is 0 Å². The van der Waals surface area contributed by atoms with Gasteiger partial charge in [-0.05, 0) is 30.9 Å². The van der Waals surface area contributed by atoms with E-state index in [2.05, 4.69) is 12.2 Å². The monoisotopic (exact) mass is 278 g/mol. The molecular weight excluding hydrogens is 260 g/mol. The molecule has 0 radical (unpaired) electrons. The van der Waals surface area contributed by atoms with Crippen LogP contribution in [0.25, 0.3) is 0 Å². The zero-order chi connectivity index (χ0) is 14.7. The maximum absolute atomic E-state index is 11.1. The molecule has 0 saturated heterocycles. The average molecular weight is 278 g/mol. The highest BCUT2D eigenvalue weighted by atomic mass is 16.6. The van der Waals surface area contributed by atoms with Crippen molar-refractivity contribution in [1.29, 1.82) is 0 Å². The molecule has 0 heterocycles. The molecule has 1 fully saturated rings. The van der Waals surface area contributed by atoms with Crippen LogP contribution in [0.15, 0.2) is 18.2 Å². The molecule has 1 saturated carbocycles. The van der Waals surface area contributed by atoms with E-state index in [9.17, 15) is 14.9 Å². The van der Waals surface area contributed by atoms with Gasteiger partial charge in [0.05, 0.1) is 4.92 Å². The molecule has 2 unspecified atom stereocenters.